The standard InChI is InChI=1S/C12H17BrN2O2/c1-15(2)12(16)6-7-14-9-4-5-11(17-3)10(13)8-9/h4-5,8,14H,6-7H2,1-3H3. The summed E-state index contributed by atoms with van der Waals surface area (Å²) in [6.07, 6.45) is 0.483. The van der Waals surface area contributed by atoms with Gasteiger partial charge in [0.25, 0.3) is 0 Å². The van der Waals surface area contributed by atoms with Gasteiger partial charge in [0.15, 0.2) is 0 Å². The van der Waals surface area contributed by atoms with Crippen LogP contribution in [0.5, 0.6) is 5.75 Å². The van der Waals surface area contributed by atoms with Gasteiger partial charge in [-0.2, -0.15) is 0 Å². The fraction of sp³-hybridized carbons (Fsp3) is 0.417. The van der Waals surface area contributed by atoms with Crippen molar-refractivity contribution in [2.45, 2.75) is 6.42 Å². The van der Waals surface area contributed by atoms with Crippen molar-refractivity contribution in [3.05, 3.63) is 22.7 Å². The SMILES string of the molecule is COc1ccc(NCCC(=O)N(C)C)cc1Br. The zero-order valence-corrected chi connectivity index (χ0v) is 11.9. The fourth-order valence-corrected chi connectivity index (χ4v) is 1.85. The highest BCUT2D eigenvalue weighted by molar-refractivity contribution is 9.10. The number of rotatable bonds is 5. The zero-order valence-electron chi connectivity index (χ0n) is 10.3. The number of nitrogens with one attached hydrogen (secondary N) is 1. The monoisotopic (exact) mass is 300 g/mol. The van der Waals surface area contributed by atoms with Gasteiger partial charge in [-0.1, -0.05) is 0 Å². The number of carbonyl (C=O) groups is 1. The van der Waals surface area contributed by atoms with E-state index in [1.165, 1.54) is 0 Å². The zero-order chi connectivity index (χ0) is 12.8. The first-order chi connectivity index (χ1) is 8.04. The average Bonchev–Trinajstić information content (AvgIpc) is 2.29. The number of hydrogen-bond acceptors (Lipinski definition) is 3. The molecule has 0 bridgehead atoms. The van der Waals surface area contributed by atoms with Crippen molar-refractivity contribution in [1.29, 1.82) is 0 Å². The second kappa shape index (κ2) is 6.49. The van der Waals surface area contributed by atoms with Crippen LogP contribution >= 0.6 is 15.9 Å². The summed E-state index contributed by atoms with van der Waals surface area (Å²) < 4.78 is 6.03. The first-order valence-corrected chi connectivity index (χ1v) is 6.11. The highest BCUT2D eigenvalue weighted by Gasteiger charge is 2.04. The van der Waals surface area contributed by atoms with Crippen molar-refractivity contribution in [2.75, 3.05) is 33.1 Å². The van der Waals surface area contributed by atoms with Crippen molar-refractivity contribution in [1.82, 2.24) is 4.90 Å². The number of methoxy groups -OCH3 is 1. The molecule has 94 valence electrons. The lowest BCUT2D eigenvalue weighted by Crippen LogP contribution is -2.23. The lowest BCUT2D eigenvalue weighted by molar-refractivity contribution is -0.128. The van der Waals surface area contributed by atoms with Crippen LogP contribution in [-0.2, 0) is 4.79 Å². The van der Waals surface area contributed by atoms with Crippen molar-refractivity contribution < 1.29 is 9.53 Å². The highest BCUT2D eigenvalue weighted by Crippen LogP contribution is 2.27. The smallest absolute Gasteiger partial charge is 0.223 e. The quantitative estimate of drug-likeness (QED) is 0.907. The van der Waals surface area contributed by atoms with Crippen LogP contribution in [0, 0.1) is 0 Å². The summed E-state index contributed by atoms with van der Waals surface area (Å²) in [5, 5.41) is 3.19. The third kappa shape index (κ3) is 4.26. The topological polar surface area (TPSA) is 41.6 Å². The van der Waals surface area contributed by atoms with Crippen molar-refractivity contribution in [3.8, 4) is 5.75 Å². The van der Waals surface area contributed by atoms with Crippen LogP contribution in [0.2, 0.25) is 0 Å². The Kier molecular flexibility index (Phi) is 5.28. The molecule has 0 heterocycles. The second-order valence-electron chi connectivity index (χ2n) is 3.81. The third-order valence-corrected chi connectivity index (χ3v) is 2.94. The van der Waals surface area contributed by atoms with E-state index in [4.69, 9.17) is 4.74 Å². The first kappa shape index (κ1) is 13.8. The van der Waals surface area contributed by atoms with Crippen molar-refractivity contribution in [3.63, 3.8) is 0 Å². The normalized spacial score (nSPS) is 9.88. The summed E-state index contributed by atoms with van der Waals surface area (Å²) in [7, 11) is 5.14. The summed E-state index contributed by atoms with van der Waals surface area (Å²) >= 11 is 3.41. The van der Waals surface area contributed by atoms with Crippen molar-refractivity contribution >= 4 is 27.5 Å². The van der Waals surface area contributed by atoms with Gasteiger partial charge in [-0.3, -0.25) is 4.79 Å². The Morgan fingerprint density at radius 1 is 1.47 bits per heavy atom. The predicted molar refractivity (Wildman–Crippen MR) is 72.5 cm³/mol. The van der Waals surface area contributed by atoms with Crippen LogP contribution in [0.4, 0.5) is 5.69 Å². The molecular formula is C12H17BrN2O2. The average molecular weight is 301 g/mol. The summed E-state index contributed by atoms with van der Waals surface area (Å²) in [5.41, 5.74) is 0.962. The number of hydrogen-bond donors (Lipinski definition) is 1. The molecule has 0 atom stereocenters. The number of nitrogens with zero attached hydrogens (tertiary/aromatic N) is 1. The summed E-state index contributed by atoms with van der Waals surface area (Å²) in [6, 6.07) is 5.73. The van der Waals surface area contributed by atoms with E-state index in [-0.39, 0.29) is 5.91 Å². The first-order valence-electron chi connectivity index (χ1n) is 5.32. The number of anilines is 1. The molecule has 4 nitrogen and oxygen atoms in total. The molecule has 1 rings (SSSR count). The van der Waals surface area contributed by atoms with Gasteiger partial charge >= 0.3 is 0 Å². The number of amides is 1. The maximum Gasteiger partial charge on any atom is 0.223 e. The molecule has 0 aliphatic heterocycles. The number of ether oxygens (including phenoxy) is 1. The van der Waals surface area contributed by atoms with E-state index in [1.807, 2.05) is 18.2 Å². The van der Waals surface area contributed by atoms with Gasteiger partial charge in [-0.25, -0.2) is 0 Å². The molecule has 0 unspecified atom stereocenters. The van der Waals surface area contributed by atoms with E-state index in [1.54, 1.807) is 26.1 Å². The minimum atomic E-state index is 0.116. The van der Waals surface area contributed by atoms with Gasteiger partial charge < -0.3 is 15.0 Å². The van der Waals surface area contributed by atoms with Gasteiger partial charge in [-0.05, 0) is 34.1 Å². The molecule has 0 radical (unpaired) electrons. The Labute approximate surface area is 110 Å². The van der Waals surface area contributed by atoms with Gasteiger partial charge in [0.2, 0.25) is 5.91 Å². The molecule has 1 amide bonds. The fourth-order valence-electron chi connectivity index (χ4n) is 1.31. The second-order valence-corrected chi connectivity index (χ2v) is 4.67. The van der Waals surface area contributed by atoms with E-state index in [0.717, 1.165) is 15.9 Å². The minimum absolute atomic E-state index is 0.116. The number of carbonyl (C=O) groups excluding carboxylic acids is 1. The van der Waals surface area contributed by atoms with E-state index in [0.29, 0.717) is 13.0 Å². The molecule has 0 fully saturated rings. The van der Waals surface area contributed by atoms with Gasteiger partial charge in [0.05, 0.1) is 11.6 Å². The third-order valence-electron chi connectivity index (χ3n) is 2.32. The van der Waals surface area contributed by atoms with E-state index in [2.05, 4.69) is 21.2 Å². The molecular weight excluding hydrogens is 284 g/mol. The van der Waals surface area contributed by atoms with E-state index < -0.39 is 0 Å². The van der Waals surface area contributed by atoms with Crippen LogP contribution in [0.15, 0.2) is 22.7 Å². The molecule has 1 aromatic rings. The van der Waals surface area contributed by atoms with Crippen molar-refractivity contribution in [2.24, 2.45) is 0 Å². The molecule has 0 saturated carbocycles. The van der Waals surface area contributed by atoms with E-state index >= 15 is 0 Å². The molecule has 0 aliphatic rings. The Morgan fingerprint density at radius 2 is 2.18 bits per heavy atom. The van der Waals surface area contributed by atoms with Crippen LogP contribution in [0.3, 0.4) is 0 Å². The largest absolute Gasteiger partial charge is 0.496 e. The van der Waals surface area contributed by atoms with Crippen LogP contribution in [0.25, 0.3) is 0 Å². The van der Waals surface area contributed by atoms with E-state index in [9.17, 15) is 4.79 Å². The van der Waals surface area contributed by atoms with Gasteiger partial charge in [0, 0.05) is 32.7 Å². The summed E-state index contributed by atoms with van der Waals surface area (Å²) in [4.78, 5) is 12.9. The Morgan fingerprint density at radius 3 is 2.71 bits per heavy atom. The lowest BCUT2D eigenvalue weighted by atomic mass is 10.3. The maximum absolute atomic E-state index is 11.4. The molecule has 5 heteroatoms. The van der Waals surface area contributed by atoms with Crippen LogP contribution < -0.4 is 10.1 Å². The van der Waals surface area contributed by atoms with Crippen LogP contribution in [0.1, 0.15) is 6.42 Å². The molecule has 0 spiro atoms. The van der Waals surface area contributed by atoms with Crippen LogP contribution in [-0.4, -0.2) is 38.6 Å². The predicted octanol–water partition coefficient (Wildman–Crippen LogP) is 2.35. The molecule has 1 aromatic carbocycles. The number of benzene rings is 1. The summed E-state index contributed by atoms with van der Waals surface area (Å²) in [6.45, 7) is 0.621. The number of halogens is 1. The molecule has 0 aliphatic carbocycles. The maximum atomic E-state index is 11.4. The molecule has 0 aromatic heterocycles. The van der Waals surface area contributed by atoms with Gasteiger partial charge in [-0.15, -0.1) is 0 Å². The summed E-state index contributed by atoms with van der Waals surface area (Å²) in [5.74, 6) is 0.907. The highest BCUT2D eigenvalue weighted by atomic mass is 79.9. The molecule has 1 N–H and O–H groups in total. The Hall–Kier alpha value is -1.23. The van der Waals surface area contributed by atoms with Gasteiger partial charge in [0.1, 0.15) is 5.75 Å². The molecule has 17 heavy (non-hydrogen) atoms. The molecule has 0 saturated heterocycles. The Bertz CT molecular complexity index is 394. The minimum Gasteiger partial charge on any atom is -0.496 e. The lowest BCUT2D eigenvalue weighted by Gasteiger charge is -2.12. The Balaban J connectivity index is 2.47.